The maximum Gasteiger partial charge on any atom is 0.237 e. The number of rotatable bonds is 5. The molecule has 2 rings (SSSR count). The Morgan fingerprint density at radius 2 is 1.71 bits per heavy atom. The molecule has 0 spiro atoms. The lowest BCUT2D eigenvalue weighted by Gasteiger charge is -2.09. The van der Waals surface area contributed by atoms with Crippen molar-refractivity contribution in [2.45, 2.75) is 12.3 Å². The number of sulfonamides is 1. The van der Waals surface area contributed by atoms with Gasteiger partial charge in [0.15, 0.2) is 0 Å². The SMILES string of the molecule is NCc1ccc(CS(=O)(=O)Nc2ccc(Br)cc2F)cc1. The third-order valence-electron chi connectivity index (χ3n) is 2.81. The van der Waals surface area contributed by atoms with E-state index in [-0.39, 0.29) is 11.4 Å². The van der Waals surface area contributed by atoms with Crippen LogP contribution in [0.2, 0.25) is 0 Å². The van der Waals surface area contributed by atoms with Gasteiger partial charge in [0.2, 0.25) is 10.0 Å². The molecule has 21 heavy (non-hydrogen) atoms. The molecule has 0 saturated heterocycles. The van der Waals surface area contributed by atoms with Crippen molar-refractivity contribution in [1.29, 1.82) is 0 Å². The summed E-state index contributed by atoms with van der Waals surface area (Å²) in [5, 5.41) is 0. The first kappa shape index (κ1) is 15.9. The smallest absolute Gasteiger partial charge is 0.237 e. The van der Waals surface area contributed by atoms with E-state index in [1.165, 1.54) is 12.1 Å². The van der Waals surface area contributed by atoms with Gasteiger partial charge in [0, 0.05) is 11.0 Å². The van der Waals surface area contributed by atoms with Gasteiger partial charge in [-0.3, -0.25) is 4.72 Å². The highest BCUT2D eigenvalue weighted by Gasteiger charge is 2.14. The van der Waals surface area contributed by atoms with Gasteiger partial charge in [-0.1, -0.05) is 40.2 Å². The van der Waals surface area contributed by atoms with Crippen LogP contribution in [0.1, 0.15) is 11.1 Å². The lowest BCUT2D eigenvalue weighted by Crippen LogP contribution is -2.16. The second kappa shape index (κ2) is 6.55. The number of nitrogens with two attached hydrogens (primary N) is 1. The minimum atomic E-state index is -3.68. The van der Waals surface area contributed by atoms with Crippen molar-refractivity contribution in [3.05, 3.63) is 63.9 Å². The van der Waals surface area contributed by atoms with Crippen LogP contribution in [0.5, 0.6) is 0 Å². The maximum atomic E-state index is 13.6. The molecule has 0 aliphatic rings. The molecule has 112 valence electrons. The monoisotopic (exact) mass is 372 g/mol. The van der Waals surface area contributed by atoms with E-state index in [0.29, 0.717) is 16.6 Å². The minimum absolute atomic E-state index is 0.0724. The van der Waals surface area contributed by atoms with Crippen LogP contribution in [-0.4, -0.2) is 8.42 Å². The Balaban J connectivity index is 2.14. The topological polar surface area (TPSA) is 72.2 Å². The molecule has 4 nitrogen and oxygen atoms in total. The van der Waals surface area contributed by atoms with E-state index in [4.69, 9.17) is 5.73 Å². The number of nitrogens with one attached hydrogen (secondary N) is 1. The molecule has 0 aliphatic heterocycles. The van der Waals surface area contributed by atoms with Crippen LogP contribution in [0.4, 0.5) is 10.1 Å². The fraction of sp³-hybridized carbons (Fsp3) is 0.143. The van der Waals surface area contributed by atoms with E-state index in [1.807, 2.05) is 0 Å². The van der Waals surface area contributed by atoms with E-state index in [2.05, 4.69) is 20.7 Å². The molecule has 0 aliphatic carbocycles. The zero-order valence-electron chi connectivity index (χ0n) is 11.0. The van der Waals surface area contributed by atoms with Gasteiger partial charge >= 0.3 is 0 Å². The zero-order chi connectivity index (χ0) is 15.5. The summed E-state index contributed by atoms with van der Waals surface area (Å²) in [6.45, 7) is 0.398. The van der Waals surface area contributed by atoms with Crippen molar-refractivity contribution in [3.8, 4) is 0 Å². The molecule has 2 aromatic carbocycles. The summed E-state index contributed by atoms with van der Waals surface area (Å²) >= 11 is 3.12. The van der Waals surface area contributed by atoms with E-state index in [0.717, 1.165) is 5.56 Å². The van der Waals surface area contributed by atoms with Crippen molar-refractivity contribution in [2.24, 2.45) is 5.73 Å². The molecule has 0 amide bonds. The molecule has 3 N–H and O–H groups in total. The molecular formula is C14H14BrFN2O2S. The second-order valence-corrected chi connectivity index (χ2v) is 7.14. The molecule has 0 heterocycles. The first-order chi connectivity index (χ1) is 9.89. The highest BCUT2D eigenvalue weighted by atomic mass is 79.9. The molecule has 0 bridgehead atoms. The van der Waals surface area contributed by atoms with Gasteiger partial charge in [-0.2, -0.15) is 0 Å². The summed E-state index contributed by atoms with van der Waals surface area (Å²) in [5.74, 6) is -0.862. The molecule has 2 aromatic rings. The largest absolute Gasteiger partial charge is 0.326 e. The van der Waals surface area contributed by atoms with Crippen LogP contribution < -0.4 is 10.5 Å². The quantitative estimate of drug-likeness (QED) is 0.847. The predicted molar refractivity (Wildman–Crippen MR) is 84.7 cm³/mol. The summed E-state index contributed by atoms with van der Waals surface area (Å²) in [7, 11) is -3.68. The van der Waals surface area contributed by atoms with Gasteiger partial charge in [-0.25, -0.2) is 12.8 Å². The molecule has 0 aromatic heterocycles. The Kier molecular flexibility index (Phi) is 4.97. The summed E-state index contributed by atoms with van der Waals surface area (Å²) in [6, 6.07) is 11.1. The van der Waals surface area contributed by atoms with Crippen molar-refractivity contribution < 1.29 is 12.8 Å². The fourth-order valence-electron chi connectivity index (χ4n) is 1.77. The van der Waals surface area contributed by atoms with Gasteiger partial charge in [0.1, 0.15) is 5.82 Å². The first-order valence-corrected chi connectivity index (χ1v) is 8.57. The maximum absolute atomic E-state index is 13.6. The Hall–Kier alpha value is -1.44. The number of hydrogen-bond donors (Lipinski definition) is 2. The first-order valence-electron chi connectivity index (χ1n) is 6.13. The molecule has 0 radical (unpaired) electrons. The van der Waals surface area contributed by atoms with E-state index in [9.17, 15) is 12.8 Å². The summed E-state index contributed by atoms with van der Waals surface area (Å²) in [6.07, 6.45) is 0. The van der Waals surface area contributed by atoms with Gasteiger partial charge in [0.05, 0.1) is 11.4 Å². The molecule has 0 fully saturated rings. The Morgan fingerprint density at radius 3 is 2.29 bits per heavy atom. The van der Waals surface area contributed by atoms with Crippen LogP contribution in [0, 0.1) is 5.82 Å². The predicted octanol–water partition coefficient (Wildman–Crippen LogP) is 2.99. The summed E-state index contributed by atoms with van der Waals surface area (Å²) in [4.78, 5) is 0. The van der Waals surface area contributed by atoms with Crippen LogP contribution in [-0.2, 0) is 22.3 Å². The Labute approximate surface area is 131 Å². The van der Waals surface area contributed by atoms with Gasteiger partial charge < -0.3 is 5.73 Å². The second-order valence-electron chi connectivity index (χ2n) is 4.51. The van der Waals surface area contributed by atoms with Crippen LogP contribution in [0.25, 0.3) is 0 Å². The van der Waals surface area contributed by atoms with Crippen LogP contribution in [0.3, 0.4) is 0 Å². The number of anilines is 1. The molecule has 0 unspecified atom stereocenters. The van der Waals surface area contributed by atoms with Crippen molar-refractivity contribution in [1.82, 2.24) is 0 Å². The number of benzene rings is 2. The fourth-order valence-corrected chi connectivity index (χ4v) is 3.30. The van der Waals surface area contributed by atoms with Crippen molar-refractivity contribution >= 4 is 31.6 Å². The lowest BCUT2D eigenvalue weighted by molar-refractivity contribution is 0.597. The molecule has 7 heteroatoms. The van der Waals surface area contributed by atoms with E-state index < -0.39 is 15.8 Å². The standard InChI is InChI=1S/C14H14BrFN2O2S/c15-12-5-6-14(13(16)7-12)18-21(19,20)9-11-3-1-10(8-17)2-4-11/h1-7,18H,8-9,17H2. The normalized spacial score (nSPS) is 11.4. The van der Waals surface area contributed by atoms with Gasteiger partial charge in [0.25, 0.3) is 0 Å². The molecule has 0 atom stereocenters. The Bertz CT molecular complexity index is 733. The summed E-state index contributed by atoms with van der Waals surface area (Å²) < 4.78 is 40.5. The van der Waals surface area contributed by atoms with Gasteiger partial charge in [-0.15, -0.1) is 0 Å². The average Bonchev–Trinajstić information content (AvgIpc) is 2.42. The van der Waals surface area contributed by atoms with Crippen LogP contribution in [0.15, 0.2) is 46.9 Å². The third kappa shape index (κ3) is 4.52. The lowest BCUT2D eigenvalue weighted by atomic mass is 10.1. The molecule has 0 saturated carbocycles. The zero-order valence-corrected chi connectivity index (χ0v) is 13.4. The van der Waals surface area contributed by atoms with Crippen molar-refractivity contribution in [2.75, 3.05) is 4.72 Å². The third-order valence-corrected chi connectivity index (χ3v) is 4.55. The minimum Gasteiger partial charge on any atom is -0.326 e. The highest BCUT2D eigenvalue weighted by Crippen LogP contribution is 2.21. The molecular weight excluding hydrogens is 359 g/mol. The number of halogens is 2. The van der Waals surface area contributed by atoms with Crippen LogP contribution >= 0.6 is 15.9 Å². The van der Waals surface area contributed by atoms with Crippen molar-refractivity contribution in [3.63, 3.8) is 0 Å². The Morgan fingerprint density at radius 1 is 1.10 bits per heavy atom. The van der Waals surface area contributed by atoms with E-state index in [1.54, 1.807) is 30.3 Å². The number of hydrogen-bond acceptors (Lipinski definition) is 3. The van der Waals surface area contributed by atoms with E-state index >= 15 is 0 Å². The van der Waals surface area contributed by atoms with Gasteiger partial charge in [-0.05, 0) is 29.3 Å². The summed E-state index contributed by atoms with van der Waals surface area (Å²) in [5.41, 5.74) is 6.94. The average molecular weight is 373 g/mol. The highest BCUT2D eigenvalue weighted by molar-refractivity contribution is 9.10.